The predicted octanol–water partition coefficient (Wildman–Crippen LogP) is 3.11. The molecule has 0 saturated heterocycles. The van der Waals surface area contributed by atoms with E-state index in [9.17, 15) is 19.7 Å². The van der Waals surface area contributed by atoms with E-state index in [0.717, 1.165) is 0 Å². The fourth-order valence-corrected chi connectivity index (χ4v) is 3.32. The van der Waals surface area contributed by atoms with Gasteiger partial charge in [0.2, 0.25) is 0 Å². The van der Waals surface area contributed by atoms with E-state index in [-0.39, 0.29) is 28.3 Å². The van der Waals surface area contributed by atoms with Crippen LogP contribution in [-0.2, 0) is 0 Å². The number of hydrogen-bond donors (Lipinski definition) is 2. The van der Waals surface area contributed by atoms with Crippen LogP contribution in [0.15, 0.2) is 65.2 Å². The number of amides is 1. The monoisotopic (exact) mass is 420 g/mol. The summed E-state index contributed by atoms with van der Waals surface area (Å²) in [6, 6.07) is 14.0. The molecule has 31 heavy (non-hydrogen) atoms. The Kier molecular flexibility index (Phi) is 4.97. The third-order valence-corrected chi connectivity index (χ3v) is 4.79. The minimum atomic E-state index is -0.557. The second-order valence-corrected chi connectivity index (χ2v) is 6.51. The first-order chi connectivity index (χ1) is 14.9. The van der Waals surface area contributed by atoms with E-state index < -0.39 is 16.7 Å². The summed E-state index contributed by atoms with van der Waals surface area (Å²) in [6.07, 6.45) is 1.37. The Hall–Kier alpha value is -4.44. The summed E-state index contributed by atoms with van der Waals surface area (Å²) < 4.78 is 12.0. The maximum atomic E-state index is 13.1. The Labute approximate surface area is 174 Å². The number of nitrogens with zero attached hydrogens (tertiary/aromatic N) is 2. The molecule has 2 heterocycles. The van der Waals surface area contributed by atoms with Gasteiger partial charge in [0.25, 0.3) is 17.5 Å². The molecule has 0 bridgehead atoms. The molecule has 0 aliphatic carbocycles. The normalized spacial score (nSPS) is 10.8. The van der Waals surface area contributed by atoms with Gasteiger partial charge >= 0.3 is 0 Å². The third kappa shape index (κ3) is 3.40. The summed E-state index contributed by atoms with van der Waals surface area (Å²) in [4.78, 5) is 36.1. The highest BCUT2D eigenvalue weighted by Crippen LogP contribution is 2.34. The molecule has 3 N–H and O–H groups in total. The molecule has 0 unspecified atom stereocenters. The number of aromatic nitrogens is 1. The van der Waals surface area contributed by atoms with Crippen molar-refractivity contribution in [3.8, 4) is 17.1 Å². The van der Waals surface area contributed by atoms with Crippen LogP contribution in [0.4, 0.5) is 5.69 Å². The molecule has 10 heteroatoms. The number of benzene rings is 2. The van der Waals surface area contributed by atoms with Crippen molar-refractivity contribution in [3.05, 3.63) is 82.2 Å². The summed E-state index contributed by atoms with van der Waals surface area (Å²) in [7, 11) is 1.41. The van der Waals surface area contributed by atoms with Gasteiger partial charge in [0.05, 0.1) is 34.7 Å². The van der Waals surface area contributed by atoms with Gasteiger partial charge in [-0.25, -0.2) is 5.84 Å². The number of ether oxygens (including phenoxy) is 1. The highest BCUT2D eigenvalue weighted by molar-refractivity contribution is 6.10. The van der Waals surface area contributed by atoms with E-state index in [1.165, 1.54) is 42.1 Å². The van der Waals surface area contributed by atoms with Crippen LogP contribution in [0.5, 0.6) is 5.75 Å². The van der Waals surface area contributed by atoms with Crippen molar-refractivity contribution in [2.24, 2.45) is 5.84 Å². The van der Waals surface area contributed by atoms with Gasteiger partial charge in [-0.2, -0.15) is 0 Å². The maximum absolute atomic E-state index is 13.1. The number of hydrogen-bond acceptors (Lipinski definition) is 7. The Balaban J connectivity index is 1.77. The standard InChI is InChI=1S/C21H16N4O6/c1-30-12-6-7-14(17(10-12)25(28)29)18-8-9-19(31-18)21(27)24-11-15(20(26)23-22)13-4-2-3-5-16(13)24/h2-11H,22H2,1H3,(H,23,26). The topological polar surface area (TPSA) is 143 Å². The lowest BCUT2D eigenvalue weighted by Crippen LogP contribution is -2.29. The molecule has 2 aromatic heterocycles. The lowest BCUT2D eigenvalue weighted by atomic mass is 10.1. The van der Waals surface area contributed by atoms with Crippen molar-refractivity contribution in [1.29, 1.82) is 0 Å². The Morgan fingerprint density at radius 1 is 1.16 bits per heavy atom. The molecule has 10 nitrogen and oxygen atoms in total. The minimum Gasteiger partial charge on any atom is -0.497 e. The number of nitrogens with two attached hydrogens (primary N) is 1. The first kappa shape index (κ1) is 19.9. The molecule has 4 rings (SSSR count). The van der Waals surface area contributed by atoms with E-state index in [1.54, 1.807) is 30.3 Å². The molecule has 0 aliphatic heterocycles. The van der Waals surface area contributed by atoms with Crippen LogP contribution < -0.4 is 16.0 Å². The summed E-state index contributed by atoms with van der Waals surface area (Å²) in [5.74, 6) is 4.57. The van der Waals surface area contributed by atoms with Crippen molar-refractivity contribution < 1.29 is 23.7 Å². The zero-order valence-corrected chi connectivity index (χ0v) is 16.2. The first-order valence-electron chi connectivity index (χ1n) is 9.03. The number of nitrogens with one attached hydrogen (secondary N) is 1. The second kappa shape index (κ2) is 7.76. The van der Waals surface area contributed by atoms with Crippen molar-refractivity contribution in [2.45, 2.75) is 0 Å². The van der Waals surface area contributed by atoms with Gasteiger partial charge in [-0.1, -0.05) is 18.2 Å². The van der Waals surface area contributed by atoms with Gasteiger partial charge in [0.15, 0.2) is 5.76 Å². The molecular weight excluding hydrogens is 404 g/mol. The van der Waals surface area contributed by atoms with Crippen molar-refractivity contribution in [1.82, 2.24) is 9.99 Å². The lowest BCUT2D eigenvalue weighted by Gasteiger charge is -2.04. The van der Waals surface area contributed by atoms with E-state index in [4.69, 9.17) is 15.0 Å². The molecule has 0 spiro atoms. The highest BCUT2D eigenvalue weighted by Gasteiger charge is 2.23. The van der Waals surface area contributed by atoms with Crippen LogP contribution >= 0.6 is 0 Å². The average molecular weight is 420 g/mol. The fraction of sp³-hybridized carbons (Fsp3) is 0.0476. The maximum Gasteiger partial charge on any atom is 0.298 e. The van der Waals surface area contributed by atoms with Crippen molar-refractivity contribution in [3.63, 3.8) is 0 Å². The second-order valence-electron chi connectivity index (χ2n) is 6.51. The van der Waals surface area contributed by atoms with Crippen LogP contribution in [0.1, 0.15) is 20.9 Å². The number of carbonyl (C=O) groups excluding carboxylic acids is 2. The van der Waals surface area contributed by atoms with E-state index in [0.29, 0.717) is 16.7 Å². The number of para-hydroxylation sites is 1. The third-order valence-electron chi connectivity index (χ3n) is 4.79. The van der Waals surface area contributed by atoms with Gasteiger partial charge in [-0.05, 0) is 30.3 Å². The molecule has 0 atom stereocenters. The smallest absolute Gasteiger partial charge is 0.298 e. The summed E-state index contributed by atoms with van der Waals surface area (Å²) in [5, 5.41) is 12.0. The average Bonchev–Trinajstić information content (AvgIpc) is 3.43. The number of fused-ring (bicyclic) bond motifs is 1. The molecule has 4 aromatic rings. The van der Waals surface area contributed by atoms with Gasteiger partial charge in [-0.3, -0.25) is 29.7 Å². The molecule has 156 valence electrons. The molecule has 0 aliphatic rings. The number of rotatable bonds is 5. The number of carbonyl (C=O) groups is 2. The SMILES string of the molecule is COc1ccc(-c2ccc(C(=O)n3cc(C(=O)NN)c4ccccc43)o2)c([N+](=O)[O-])c1. The van der Waals surface area contributed by atoms with Crippen molar-refractivity contribution >= 4 is 28.4 Å². The summed E-state index contributed by atoms with van der Waals surface area (Å²) in [6.45, 7) is 0. The van der Waals surface area contributed by atoms with Crippen molar-refractivity contribution in [2.75, 3.05) is 7.11 Å². The summed E-state index contributed by atoms with van der Waals surface area (Å²) in [5.41, 5.74) is 2.75. The van der Waals surface area contributed by atoms with Crippen LogP contribution in [-0.4, -0.2) is 28.4 Å². The minimum absolute atomic E-state index is 0.0550. The largest absolute Gasteiger partial charge is 0.497 e. The number of nitro benzene ring substituents is 1. The number of nitrogen functional groups attached to an aromatic ring is 1. The van der Waals surface area contributed by atoms with Crippen LogP contribution in [0.3, 0.4) is 0 Å². The molecule has 0 fully saturated rings. The zero-order valence-electron chi connectivity index (χ0n) is 16.2. The molecule has 1 amide bonds. The fourth-order valence-electron chi connectivity index (χ4n) is 3.32. The molecule has 0 saturated carbocycles. The Bertz CT molecular complexity index is 1340. The molecule has 2 aromatic carbocycles. The quantitative estimate of drug-likeness (QED) is 0.218. The number of methoxy groups -OCH3 is 1. The van der Waals surface area contributed by atoms with E-state index >= 15 is 0 Å². The summed E-state index contributed by atoms with van der Waals surface area (Å²) >= 11 is 0. The Morgan fingerprint density at radius 3 is 2.65 bits per heavy atom. The number of hydrazine groups is 1. The van der Waals surface area contributed by atoms with Gasteiger partial charge < -0.3 is 9.15 Å². The lowest BCUT2D eigenvalue weighted by molar-refractivity contribution is -0.384. The van der Waals surface area contributed by atoms with Crippen LogP contribution in [0.2, 0.25) is 0 Å². The highest BCUT2D eigenvalue weighted by atomic mass is 16.6. The predicted molar refractivity (Wildman–Crippen MR) is 111 cm³/mol. The zero-order chi connectivity index (χ0) is 22.1. The van der Waals surface area contributed by atoms with E-state index in [1.807, 2.05) is 0 Å². The van der Waals surface area contributed by atoms with Gasteiger partial charge in [-0.15, -0.1) is 0 Å². The van der Waals surface area contributed by atoms with Crippen LogP contribution in [0.25, 0.3) is 22.2 Å². The number of furan rings is 1. The molecular formula is C21H16N4O6. The number of nitro groups is 1. The van der Waals surface area contributed by atoms with Crippen LogP contribution in [0, 0.1) is 10.1 Å². The Morgan fingerprint density at radius 2 is 1.94 bits per heavy atom. The van der Waals surface area contributed by atoms with Gasteiger partial charge in [0, 0.05) is 11.6 Å². The molecule has 0 radical (unpaired) electrons. The van der Waals surface area contributed by atoms with E-state index in [2.05, 4.69) is 5.43 Å². The van der Waals surface area contributed by atoms with Gasteiger partial charge in [0.1, 0.15) is 11.5 Å². The first-order valence-corrected chi connectivity index (χ1v) is 9.03.